The van der Waals surface area contributed by atoms with Gasteiger partial charge >= 0.3 is 6.61 Å². The smallest absolute Gasteiger partial charge is 0.388 e. The molecule has 0 fully saturated rings. The molecule has 0 aromatic carbocycles. The van der Waals surface area contributed by atoms with Crippen LogP contribution < -0.4 is 4.74 Å². The minimum absolute atomic E-state index is 0. The molecule has 0 aliphatic heterocycles. The molecule has 9 heteroatoms. The van der Waals surface area contributed by atoms with Gasteiger partial charge in [-0.05, 0) is 12.1 Å². The van der Waals surface area contributed by atoms with E-state index in [-0.39, 0.29) is 12.4 Å². The van der Waals surface area contributed by atoms with Gasteiger partial charge in [-0.25, -0.2) is 4.98 Å². The van der Waals surface area contributed by atoms with Gasteiger partial charge in [0.25, 0.3) is 10.1 Å². The Morgan fingerprint density at radius 1 is 1.47 bits per heavy atom. The van der Waals surface area contributed by atoms with Crippen molar-refractivity contribution < 1.29 is 26.5 Å². The van der Waals surface area contributed by atoms with Crippen molar-refractivity contribution >= 4 is 22.5 Å². The van der Waals surface area contributed by atoms with E-state index in [9.17, 15) is 17.2 Å². The first-order valence-corrected chi connectivity index (χ1v) is 4.72. The fourth-order valence-corrected chi connectivity index (χ4v) is 1.32. The van der Waals surface area contributed by atoms with Gasteiger partial charge in [-0.15, -0.1) is 12.4 Å². The number of hydrogen-bond acceptors (Lipinski definition) is 4. The van der Waals surface area contributed by atoms with Crippen molar-refractivity contribution in [1.29, 1.82) is 0 Å². The van der Waals surface area contributed by atoms with Crippen molar-refractivity contribution in [2.45, 2.75) is 11.5 Å². The normalized spacial score (nSPS) is 10.9. The van der Waals surface area contributed by atoms with Gasteiger partial charge in [-0.1, -0.05) is 0 Å². The highest BCUT2D eigenvalue weighted by atomic mass is 35.5. The van der Waals surface area contributed by atoms with Crippen molar-refractivity contribution in [3.8, 4) is 5.88 Å². The fraction of sp³-hybridized carbons (Fsp3) is 0.167. The second-order valence-electron chi connectivity index (χ2n) is 2.16. The lowest BCUT2D eigenvalue weighted by atomic mass is 10.5. The van der Waals surface area contributed by atoms with Crippen molar-refractivity contribution in [2.24, 2.45) is 0 Å². The van der Waals surface area contributed by atoms with Gasteiger partial charge < -0.3 is 4.74 Å². The Morgan fingerprint density at radius 2 is 2.07 bits per heavy atom. The van der Waals surface area contributed by atoms with E-state index in [2.05, 4.69) is 9.72 Å². The van der Waals surface area contributed by atoms with Crippen molar-refractivity contribution in [3.63, 3.8) is 0 Å². The Hall–Kier alpha value is -0.990. The molecule has 0 saturated heterocycles. The average Bonchev–Trinajstić information content (AvgIpc) is 2.01. The summed E-state index contributed by atoms with van der Waals surface area (Å²) in [7, 11) is -4.60. The van der Waals surface area contributed by atoms with E-state index in [4.69, 9.17) is 4.55 Å². The average molecular weight is 262 g/mol. The van der Waals surface area contributed by atoms with Crippen LogP contribution in [-0.2, 0) is 10.1 Å². The molecule has 0 atom stereocenters. The molecule has 1 heterocycles. The van der Waals surface area contributed by atoms with Crippen LogP contribution in [0.2, 0.25) is 0 Å². The zero-order valence-corrected chi connectivity index (χ0v) is 8.63. The van der Waals surface area contributed by atoms with Crippen molar-refractivity contribution in [2.75, 3.05) is 0 Å². The van der Waals surface area contributed by atoms with Gasteiger partial charge in [-0.2, -0.15) is 17.2 Å². The first-order valence-electron chi connectivity index (χ1n) is 3.28. The number of rotatable bonds is 3. The van der Waals surface area contributed by atoms with Gasteiger partial charge in [0.1, 0.15) is 0 Å². The molecule has 0 saturated carbocycles. The summed E-state index contributed by atoms with van der Waals surface area (Å²) in [5.41, 5.74) is 0. The van der Waals surface area contributed by atoms with Crippen LogP contribution >= 0.6 is 12.4 Å². The van der Waals surface area contributed by atoms with Gasteiger partial charge in [0.2, 0.25) is 5.88 Å². The summed E-state index contributed by atoms with van der Waals surface area (Å²) in [6.45, 7) is -3.20. The Morgan fingerprint density at radius 3 is 2.53 bits per heavy atom. The summed E-state index contributed by atoms with van der Waals surface area (Å²) in [5, 5.41) is 0. The summed E-state index contributed by atoms with van der Waals surface area (Å²) in [4.78, 5) is 2.45. The molecule has 1 N–H and O–H groups in total. The molecule has 0 unspecified atom stereocenters. The second-order valence-corrected chi connectivity index (χ2v) is 3.55. The lowest BCUT2D eigenvalue weighted by Crippen LogP contribution is -2.09. The summed E-state index contributed by atoms with van der Waals surface area (Å²) in [6.07, 6.45) is 1.06. The van der Waals surface area contributed by atoms with Crippen molar-refractivity contribution in [1.82, 2.24) is 4.98 Å². The largest absolute Gasteiger partial charge is 0.415 e. The first kappa shape index (κ1) is 14.0. The molecule has 1 aromatic heterocycles. The quantitative estimate of drug-likeness (QED) is 0.831. The van der Waals surface area contributed by atoms with E-state index in [1.807, 2.05) is 0 Å². The van der Waals surface area contributed by atoms with Gasteiger partial charge in [0.05, 0.1) is 0 Å². The summed E-state index contributed by atoms with van der Waals surface area (Å²) in [5.74, 6) is -0.829. The van der Waals surface area contributed by atoms with Crippen LogP contribution in [0.4, 0.5) is 8.78 Å². The van der Waals surface area contributed by atoms with E-state index in [0.717, 1.165) is 12.3 Å². The van der Waals surface area contributed by atoms with Gasteiger partial charge in [0.15, 0.2) is 4.90 Å². The van der Waals surface area contributed by atoms with Crippen LogP contribution in [0, 0.1) is 0 Å². The molecule has 0 aliphatic carbocycles. The third-order valence-corrected chi connectivity index (χ3v) is 2.08. The van der Waals surface area contributed by atoms with Crippen LogP contribution in [-0.4, -0.2) is 24.6 Å². The van der Waals surface area contributed by atoms with Gasteiger partial charge in [0, 0.05) is 6.20 Å². The topological polar surface area (TPSA) is 76.5 Å². The molecular formula is C6H6ClF2NO4S. The first-order chi connectivity index (χ1) is 6.41. The number of ether oxygens (including phenoxy) is 1. The summed E-state index contributed by atoms with van der Waals surface area (Å²) in [6, 6.07) is 2.07. The maximum absolute atomic E-state index is 11.8. The molecule has 5 nitrogen and oxygen atoms in total. The highest BCUT2D eigenvalue weighted by Crippen LogP contribution is 2.21. The highest BCUT2D eigenvalue weighted by Gasteiger charge is 2.19. The number of pyridine rings is 1. The van der Waals surface area contributed by atoms with E-state index < -0.39 is 27.5 Å². The molecule has 0 bridgehead atoms. The minimum Gasteiger partial charge on any atom is -0.415 e. The Balaban J connectivity index is 0.00000196. The van der Waals surface area contributed by atoms with E-state index in [1.54, 1.807) is 0 Å². The van der Waals surface area contributed by atoms with E-state index >= 15 is 0 Å². The zero-order chi connectivity index (χ0) is 10.8. The number of nitrogens with zero attached hydrogens (tertiary/aromatic N) is 1. The predicted molar refractivity (Wildman–Crippen MR) is 47.9 cm³/mol. The summed E-state index contributed by atoms with van der Waals surface area (Å²) >= 11 is 0. The number of halogens is 3. The Kier molecular flexibility index (Phi) is 4.85. The molecule has 0 aliphatic rings. The van der Waals surface area contributed by atoms with Crippen molar-refractivity contribution in [3.05, 3.63) is 18.3 Å². The molecule has 15 heavy (non-hydrogen) atoms. The van der Waals surface area contributed by atoms with Crippen LogP contribution in [0.5, 0.6) is 5.88 Å². The third kappa shape index (κ3) is 3.94. The van der Waals surface area contributed by atoms with E-state index in [1.165, 1.54) is 6.07 Å². The number of aromatic nitrogens is 1. The lowest BCUT2D eigenvalue weighted by molar-refractivity contribution is -0.0549. The highest BCUT2D eigenvalue weighted by molar-refractivity contribution is 7.86. The van der Waals surface area contributed by atoms with Crippen LogP contribution in [0.25, 0.3) is 0 Å². The Labute approximate surface area is 90.2 Å². The molecule has 1 rings (SSSR count). The minimum atomic E-state index is -4.60. The SMILES string of the molecule is Cl.O=S(=O)(O)c1cccnc1OC(F)F. The monoisotopic (exact) mass is 261 g/mol. The standard InChI is InChI=1S/C6H5F2NO4S.ClH/c7-6(8)13-5-4(14(10,11)12)2-1-3-9-5;/h1-3,6H,(H,10,11,12);1H. The van der Waals surface area contributed by atoms with Crippen LogP contribution in [0.1, 0.15) is 0 Å². The van der Waals surface area contributed by atoms with Gasteiger partial charge in [-0.3, -0.25) is 4.55 Å². The van der Waals surface area contributed by atoms with Crippen LogP contribution in [0.3, 0.4) is 0 Å². The molecule has 0 spiro atoms. The molecule has 86 valence electrons. The van der Waals surface area contributed by atoms with Crippen LogP contribution in [0.15, 0.2) is 23.2 Å². The molecule has 1 aromatic rings. The molecule has 0 radical (unpaired) electrons. The number of alkyl halides is 2. The zero-order valence-electron chi connectivity index (χ0n) is 7.00. The summed E-state index contributed by atoms with van der Waals surface area (Å²) < 4.78 is 57.1. The molecule has 0 amide bonds. The third-order valence-electron chi connectivity index (χ3n) is 1.21. The second kappa shape index (κ2) is 5.19. The lowest BCUT2D eigenvalue weighted by Gasteiger charge is -2.05. The van der Waals surface area contributed by atoms with E-state index in [0.29, 0.717) is 0 Å². The molecular weight excluding hydrogens is 256 g/mol. The fourth-order valence-electron chi connectivity index (χ4n) is 0.745. The maximum Gasteiger partial charge on any atom is 0.388 e. The maximum atomic E-state index is 11.8. The predicted octanol–water partition coefficient (Wildman–Crippen LogP) is 1.35. The number of hydrogen-bond donors (Lipinski definition) is 1. The Bertz CT molecular complexity index is 425.